The Labute approximate surface area is 127 Å². The number of thiazole rings is 1. The molecule has 5 heteroatoms. The van der Waals surface area contributed by atoms with Gasteiger partial charge in [0.2, 0.25) is 6.79 Å². The van der Waals surface area contributed by atoms with Gasteiger partial charge in [0.15, 0.2) is 11.5 Å². The summed E-state index contributed by atoms with van der Waals surface area (Å²) in [6.45, 7) is 3.25. The van der Waals surface area contributed by atoms with Crippen LogP contribution in [0.4, 0.5) is 0 Å². The molecule has 0 amide bonds. The molecule has 1 saturated heterocycles. The summed E-state index contributed by atoms with van der Waals surface area (Å²) in [5.74, 6) is 1.61. The summed E-state index contributed by atoms with van der Waals surface area (Å²) in [6, 6.07) is 5.95. The van der Waals surface area contributed by atoms with E-state index in [-0.39, 0.29) is 12.9 Å². The van der Waals surface area contributed by atoms with Crippen LogP contribution in [-0.4, -0.2) is 18.4 Å². The van der Waals surface area contributed by atoms with Crippen molar-refractivity contribution in [1.82, 2.24) is 4.98 Å². The maximum absolute atomic E-state index is 5.87. The maximum Gasteiger partial charge on any atom is 0.231 e. The lowest BCUT2D eigenvalue weighted by atomic mass is 10.1. The van der Waals surface area contributed by atoms with E-state index in [1.54, 1.807) is 11.3 Å². The van der Waals surface area contributed by atoms with Crippen LogP contribution < -0.4 is 9.47 Å². The van der Waals surface area contributed by atoms with Crippen LogP contribution in [0.3, 0.4) is 0 Å². The number of fused-ring (bicyclic) bond motifs is 1. The van der Waals surface area contributed by atoms with Crippen LogP contribution in [0.25, 0.3) is 10.6 Å². The first kappa shape index (κ1) is 13.1. The van der Waals surface area contributed by atoms with Crippen molar-refractivity contribution in [3.8, 4) is 22.1 Å². The SMILES string of the molecule is Cc1sc(-c2cccc3c2OCO3)nc1C1CCCCO1. The molecule has 0 saturated carbocycles. The van der Waals surface area contributed by atoms with E-state index in [1.165, 1.54) is 11.3 Å². The number of nitrogens with zero attached hydrogens (tertiary/aromatic N) is 1. The highest BCUT2D eigenvalue weighted by atomic mass is 32.1. The van der Waals surface area contributed by atoms with Crippen LogP contribution in [0.1, 0.15) is 35.9 Å². The lowest BCUT2D eigenvalue weighted by Gasteiger charge is -2.21. The Hall–Kier alpha value is -1.59. The van der Waals surface area contributed by atoms with Gasteiger partial charge < -0.3 is 14.2 Å². The monoisotopic (exact) mass is 303 g/mol. The molecule has 1 aromatic heterocycles. The molecule has 4 rings (SSSR count). The van der Waals surface area contributed by atoms with E-state index < -0.39 is 0 Å². The summed E-state index contributed by atoms with van der Waals surface area (Å²) in [4.78, 5) is 6.07. The van der Waals surface area contributed by atoms with Gasteiger partial charge in [-0.15, -0.1) is 11.3 Å². The van der Waals surface area contributed by atoms with Gasteiger partial charge in [-0.05, 0) is 38.3 Å². The first-order chi connectivity index (χ1) is 10.3. The van der Waals surface area contributed by atoms with Gasteiger partial charge in [-0.1, -0.05) is 6.07 Å². The zero-order valence-electron chi connectivity index (χ0n) is 11.9. The average Bonchev–Trinajstić information content (AvgIpc) is 3.14. The first-order valence-electron chi connectivity index (χ1n) is 7.31. The third kappa shape index (κ3) is 2.30. The highest BCUT2D eigenvalue weighted by Crippen LogP contribution is 2.44. The van der Waals surface area contributed by atoms with Crippen molar-refractivity contribution < 1.29 is 14.2 Å². The van der Waals surface area contributed by atoms with E-state index in [9.17, 15) is 0 Å². The molecule has 0 spiro atoms. The summed E-state index contributed by atoms with van der Waals surface area (Å²) in [6.07, 6.45) is 3.59. The number of aryl methyl sites for hydroxylation is 1. The maximum atomic E-state index is 5.87. The Morgan fingerprint density at radius 1 is 1.24 bits per heavy atom. The molecule has 0 bridgehead atoms. The Bertz CT molecular complexity index is 662. The fraction of sp³-hybridized carbons (Fsp3) is 0.438. The van der Waals surface area contributed by atoms with Gasteiger partial charge in [0.05, 0.1) is 11.3 Å². The van der Waals surface area contributed by atoms with Crippen LogP contribution in [-0.2, 0) is 4.74 Å². The number of hydrogen-bond donors (Lipinski definition) is 0. The van der Waals surface area contributed by atoms with E-state index >= 15 is 0 Å². The minimum atomic E-state index is 0.151. The molecule has 3 heterocycles. The second kappa shape index (κ2) is 5.31. The van der Waals surface area contributed by atoms with Crippen LogP contribution >= 0.6 is 11.3 Å². The predicted octanol–water partition coefficient (Wildman–Crippen LogP) is 4.09. The van der Waals surface area contributed by atoms with Crippen LogP contribution in [0.2, 0.25) is 0 Å². The molecule has 1 fully saturated rings. The summed E-state index contributed by atoms with van der Waals surface area (Å²) < 4.78 is 16.9. The molecular formula is C16H17NO3S. The van der Waals surface area contributed by atoms with Crippen LogP contribution in [0.5, 0.6) is 11.5 Å². The fourth-order valence-corrected chi connectivity index (χ4v) is 3.86. The largest absolute Gasteiger partial charge is 0.454 e. The van der Waals surface area contributed by atoms with Crippen molar-refractivity contribution in [3.05, 3.63) is 28.8 Å². The molecule has 0 radical (unpaired) electrons. The highest BCUT2D eigenvalue weighted by molar-refractivity contribution is 7.15. The van der Waals surface area contributed by atoms with Crippen molar-refractivity contribution in [2.24, 2.45) is 0 Å². The van der Waals surface area contributed by atoms with Crippen LogP contribution in [0.15, 0.2) is 18.2 Å². The molecular weight excluding hydrogens is 286 g/mol. The number of rotatable bonds is 2. The molecule has 110 valence electrons. The van der Waals surface area contributed by atoms with Gasteiger partial charge in [0.1, 0.15) is 11.1 Å². The average molecular weight is 303 g/mol. The number of para-hydroxylation sites is 1. The molecule has 2 aliphatic rings. The first-order valence-corrected chi connectivity index (χ1v) is 8.12. The summed E-state index contributed by atoms with van der Waals surface area (Å²) in [5, 5.41) is 0.985. The highest BCUT2D eigenvalue weighted by Gasteiger charge is 2.25. The fourth-order valence-electron chi connectivity index (χ4n) is 2.88. The topological polar surface area (TPSA) is 40.6 Å². The molecule has 0 aliphatic carbocycles. The van der Waals surface area contributed by atoms with Gasteiger partial charge in [-0.25, -0.2) is 4.98 Å². The molecule has 21 heavy (non-hydrogen) atoms. The minimum absolute atomic E-state index is 0.151. The minimum Gasteiger partial charge on any atom is -0.454 e. The van der Waals surface area contributed by atoms with E-state index in [4.69, 9.17) is 19.2 Å². The van der Waals surface area contributed by atoms with Gasteiger partial charge in [-0.3, -0.25) is 0 Å². The number of hydrogen-bond acceptors (Lipinski definition) is 5. The van der Waals surface area contributed by atoms with Gasteiger partial charge in [0, 0.05) is 11.5 Å². The third-order valence-electron chi connectivity index (χ3n) is 3.94. The van der Waals surface area contributed by atoms with Gasteiger partial charge in [0.25, 0.3) is 0 Å². The number of benzene rings is 1. The van der Waals surface area contributed by atoms with Crippen molar-refractivity contribution in [1.29, 1.82) is 0 Å². The smallest absolute Gasteiger partial charge is 0.231 e. The van der Waals surface area contributed by atoms with E-state index in [2.05, 4.69) is 6.92 Å². The number of aromatic nitrogens is 1. The molecule has 0 N–H and O–H groups in total. The Kier molecular flexibility index (Phi) is 3.31. The lowest BCUT2D eigenvalue weighted by molar-refractivity contribution is 0.0124. The van der Waals surface area contributed by atoms with Crippen molar-refractivity contribution in [2.75, 3.05) is 13.4 Å². The third-order valence-corrected chi connectivity index (χ3v) is 4.96. The van der Waals surface area contributed by atoms with Crippen molar-refractivity contribution >= 4 is 11.3 Å². The van der Waals surface area contributed by atoms with E-state index in [1.807, 2.05) is 18.2 Å². The Morgan fingerprint density at radius 2 is 2.19 bits per heavy atom. The van der Waals surface area contributed by atoms with Crippen LogP contribution in [0, 0.1) is 6.92 Å². The second-order valence-corrected chi connectivity index (χ2v) is 6.56. The zero-order valence-corrected chi connectivity index (χ0v) is 12.7. The molecule has 2 aromatic rings. The Morgan fingerprint density at radius 3 is 3.05 bits per heavy atom. The molecule has 1 aromatic carbocycles. The van der Waals surface area contributed by atoms with E-state index in [0.717, 1.165) is 47.2 Å². The normalized spacial score (nSPS) is 20.7. The standard InChI is InChI=1S/C16H17NO3S/c1-10-14(12-6-2-3-8-18-12)17-16(21-10)11-5-4-7-13-15(11)20-9-19-13/h4-5,7,12H,2-3,6,8-9H2,1H3. The lowest BCUT2D eigenvalue weighted by Crippen LogP contribution is -2.12. The molecule has 4 nitrogen and oxygen atoms in total. The summed E-state index contributed by atoms with van der Waals surface area (Å²) >= 11 is 1.70. The molecule has 1 unspecified atom stereocenters. The van der Waals surface area contributed by atoms with Crippen molar-refractivity contribution in [3.63, 3.8) is 0 Å². The summed E-state index contributed by atoms with van der Waals surface area (Å²) in [5.41, 5.74) is 2.10. The second-order valence-electron chi connectivity index (χ2n) is 5.36. The van der Waals surface area contributed by atoms with Gasteiger partial charge in [-0.2, -0.15) is 0 Å². The number of ether oxygens (including phenoxy) is 3. The van der Waals surface area contributed by atoms with E-state index in [0.29, 0.717) is 0 Å². The predicted molar refractivity (Wildman–Crippen MR) is 81.0 cm³/mol. The quantitative estimate of drug-likeness (QED) is 0.838. The molecule has 2 aliphatic heterocycles. The Balaban J connectivity index is 1.72. The summed E-state index contributed by atoms with van der Waals surface area (Å²) in [7, 11) is 0. The van der Waals surface area contributed by atoms with Gasteiger partial charge >= 0.3 is 0 Å². The van der Waals surface area contributed by atoms with Crippen molar-refractivity contribution in [2.45, 2.75) is 32.3 Å². The zero-order chi connectivity index (χ0) is 14.2. The molecule has 1 atom stereocenters.